The van der Waals surface area contributed by atoms with Crippen LogP contribution in [0.1, 0.15) is 10.5 Å². The number of fused-ring (bicyclic) bond motifs is 1. The Kier molecular flexibility index (Phi) is 4.87. The van der Waals surface area contributed by atoms with Crippen molar-refractivity contribution in [2.24, 2.45) is 7.05 Å². The van der Waals surface area contributed by atoms with Gasteiger partial charge in [0.2, 0.25) is 0 Å². The van der Waals surface area contributed by atoms with Crippen molar-refractivity contribution < 1.29 is 13.9 Å². The minimum Gasteiger partial charge on any atom is -0.494 e. The molecule has 2 aromatic heterocycles. The lowest BCUT2D eigenvalue weighted by molar-refractivity contribution is 0.0740. The molecule has 0 N–H and O–H groups in total. The first-order valence-corrected chi connectivity index (χ1v) is 9.18. The molecular formula is C20H20FN5O3. The molecule has 0 bridgehead atoms. The van der Waals surface area contributed by atoms with E-state index >= 15 is 0 Å². The highest BCUT2D eigenvalue weighted by molar-refractivity contribution is 6.04. The van der Waals surface area contributed by atoms with Crippen molar-refractivity contribution in [1.82, 2.24) is 19.7 Å². The van der Waals surface area contributed by atoms with Crippen LogP contribution in [0.5, 0.6) is 5.75 Å². The zero-order valence-corrected chi connectivity index (χ0v) is 16.1. The van der Waals surface area contributed by atoms with Gasteiger partial charge in [0.15, 0.2) is 5.69 Å². The van der Waals surface area contributed by atoms with E-state index in [0.29, 0.717) is 26.2 Å². The summed E-state index contributed by atoms with van der Waals surface area (Å²) in [6.07, 6.45) is 3.40. The number of pyridine rings is 1. The van der Waals surface area contributed by atoms with Crippen LogP contribution in [0.15, 0.2) is 41.5 Å². The smallest absolute Gasteiger partial charge is 0.275 e. The van der Waals surface area contributed by atoms with Crippen LogP contribution in [-0.2, 0) is 7.05 Å². The number of amides is 1. The summed E-state index contributed by atoms with van der Waals surface area (Å²) in [6, 6.07) is 5.58. The maximum absolute atomic E-state index is 13.8. The van der Waals surface area contributed by atoms with Crippen molar-refractivity contribution in [1.29, 1.82) is 0 Å². The first kappa shape index (κ1) is 18.9. The van der Waals surface area contributed by atoms with Crippen molar-refractivity contribution in [2.45, 2.75) is 0 Å². The van der Waals surface area contributed by atoms with Gasteiger partial charge in [-0.25, -0.2) is 9.07 Å². The Bertz CT molecular complexity index is 1140. The first-order chi connectivity index (χ1) is 14.0. The van der Waals surface area contributed by atoms with E-state index in [2.05, 4.69) is 15.0 Å². The van der Waals surface area contributed by atoms with Crippen molar-refractivity contribution in [3.05, 3.63) is 58.5 Å². The highest BCUT2D eigenvalue weighted by Crippen LogP contribution is 2.27. The third kappa shape index (κ3) is 3.39. The van der Waals surface area contributed by atoms with Gasteiger partial charge in [-0.2, -0.15) is 5.10 Å². The third-order valence-corrected chi connectivity index (χ3v) is 5.10. The number of carbonyl (C=O) groups excluding carboxylic acids is 1. The van der Waals surface area contributed by atoms with E-state index in [0.717, 1.165) is 16.1 Å². The molecule has 0 atom stereocenters. The molecule has 0 radical (unpaired) electrons. The van der Waals surface area contributed by atoms with Crippen LogP contribution in [0, 0.1) is 5.82 Å². The first-order valence-electron chi connectivity index (χ1n) is 9.18. The quantitative estimate of drug-likeness (QED) is 0.665. The molecule has 9 heteroatoms. The lowest BCUT2D eigenvalue weighted by atomic mass is 10.1. The molecule has 29 heavy (non-hydrogen) atoms. The second-order valence-electron chi connectivity index (χ2n) is 6.79. The minimum atomic E-state index is -0.518. The van der Waals surface area contributed by atoms with Gasteiger partial charge in [0.05, 0.1) is 24.4 Å². The number of methoxy groups -OCH3 is 1. The number of hydrogen-bond acceptors (Lipinski definition) is 6. The molecular weight excluding hydrogens is 377 g/mol. The summed E-state index contributed by atoms with van der Waals surface area (Å²) in [5.74, 6) is -0.120. The summed E-state index contributed by atoms with van der Waals surface area (Å²) in [6.45, 7) is 2.09. The maximum Gasteiger partial charge on any atom is 0.275 e. The number of hydrogen-bond donors (Lipinski definition) is 0. The van der Waals surface area contributed by atoms with Crippen LogP contribution >= 0.6 is 0 Å². The Hall–Kier alpha value is -3.49. The van der Waals surface area contributed by atoms with Gasteiger partial charge in [0, 0.05) is 50.9 Å². The Balaban J connectivity index is 1.60. The van der Waals surface area contributed by atoms with Crippen LogP contribution in [0.4, 0.5) is 10.1 Å². The predicted molar refractivity (Wildman–Crippen MR) is 106 cm³/mol. The lowest BCUT2D eigenvalue weighted by Gasteiger charge is -2.36. The molecule has 0 spiro atoms. The van der Waals surface area contributed by atoms with E-state index in [4.69, 9.17) is 4.74 Å². The third-order valence-electron chi connectivity index (χ3n) is 5.10. The molecule has 1 aliphatic rings. The number of piperazine rings is 1. The highest BCUT2D eigenvalue weighted by Gasteiger charge is 2.27. The van der Waals surface area contributed by atoms with E-state index < -0.39 is 5.82 Å². The average molecular weight is 397 g/mol. The largest absolute Gasteiger partial charge is 0.494 e. The van der Waals surface area contributed by atoms with Gasteiger partial charge in [-0.1, -0.05) is 0 Å². The zero-order chi connectivity index (χ0) is 20.5. The number of nitrogens with zero attached hydrogens (tertiary/aromatic N) is 5. The minimum absolute atomic E-state index is 0.0778. The fraction of sp³-hybridized carbons (Fsp3) is 0.300. The van der Waals surface area contributed by atoms with Gasteiger partial charge in [0.1, 0.15) is 11.6 Å². The number of ether oxygens (including phenoxy) is 1. The second-order valence-corrected chi connectivity index (χ2v) is 6.79. The molecule has 8 nitrogen and oxygen atoms in total. The molecule has 4 rings (SSSR count). The van der Waals surface area contributed by atoms with Crippen LogP contribution in [0.3, 0.4) is 0 Å². The van der Waals surface area contributed by atoms with E-state index in [1.807, 2.05) is 0 Å². The lowest BCUT2D eigenvalue weighted by Crippen LogP contribution is -2.49. The fourth-order valence-corrected chi connectivity index (χ4v) is 3.56. The van der Waals surface area contributed by atoms with E-state index in [1.54, 1.807) is 30.5 Å². The van der Waals surface area contributed by atoms with Gasteiger partial charge in [-0.05, 0) is 18.2 Å². The summed E-state index contributed by atoms with van der Waals surface area (Å²) >= 11 is 0. The Morgan fingerprint density at radius 2 is 1.90 bits per heavy atom. The SMILES string of the molecule is COc1ccncc1N1CCN(C(=O)c2nn(C)c(=O)c3ccc(F)cc23)CC1. The topological polar surface area (TPSA) is 80.6 Å². The zero-order valence-electron chi connectivity index (χ0n) is 16.1. The molecule has 1 amide bonds. The molecule has 3 aromatic rings. The number of rotatable bonds is 3. The van der Waals surface area contributed by atoms with Crippen molar-refractivity contribution in [2.75, 3.05) is 38.2 Å². The predicted octanol–water partition coefficient (Wildman–Crippen LogP) is 1.44. The number of anilines is 1. The van der Waals surface area contributed by atoms with Crippen molar-refractivity contribution in [3.8, 4) is 5.75 Å². The number of carbonyl (C=O) groups is 1. The summed E-state index contributed by atoms with van der Waals surface area (Å²) in [5.41, 5.74) is 0.578. The Morgan fingerprint density at radius 3 is 2.62 bits per heavy atom. The summed E-state index contributed by atoms with van der Waals surface area (Å²) in [7, 11) is 3.09. The van der Waals surface area contributed by atoms with Gasteiger partial charge in [-0.15, -0.1) is 0 Å². The van der Waals surface area contributed by atoms with E-state index in [1.165, 1.54) is 25.2 Å². The number of aryl methyl sites for hydroxylation is 1. The van der Waals surface area contributed by atoms with Gasteiger partial charge >= 0.3 is 0 Å². The summed E-state index contributed by atoms with van der Waals surface area (Å²) in [5, 5.41) is 4.62. The standard InChI is InChI=1S/C20H20FN5O3/c1-24-19(27)14-4-3-13(21)11-15(14)18(23-24)20(28)26-9-7-25(8-10-26)16-12-22-6-5-17(16)29-2/h3-6,11-12H,7-10H2,1-2H3. The summed E-state index contributed by atoms with van der Waals surface area (Å²) < 4.78 is 20.3. The average Bonchev–Trinajstić information content (AvgIpc) is 2.75. The van der Waals surface area contributed by atoms with Crippen LogP contribution in [0.25, 0.3) is 10.8 Å². The normalized spacial score (nSPS) is 14.3. The van der Waals surface area contributed by atoms with Crippen molar-refractivity contribution >= 4 is 22.4 Å². The molecule has 0 saturated carbocycles. The highest BCUT2D eigenvalue weighted by atomic mass is 19.1. The molecule has 1 fully saturated rings. The fourth-order valence-electron chi connectivity index (χ4n) is 3.56. The Morgan fingerprint density at radius 1 is 1.14 bits per heavy atom. The molecule has 0 unspecified atom stereocenters. The molecule has 1 aliphatic heterocycles. The molecule has 1 aromatic carbocycles. The Labute approximate surface area is 166 Å². The maximum atomic E-state index is 13.8. The van der Waals surface area contributed by atoms with Crippen molar-refractivity contribution in [3.63, 3.8) is 0 Å². The van der Waals surface area contributed by atoms with Gasteiger partial charge in [0.25, 0.3) is 11.5 Å². The van der Waals surface area contributed by atoms with Gasteiger partial charge < -0.3 is 14.5 Å². The summed E-state index contributed by atoms with van der Waals surface area (Å²) in [4.78, 5) is 33.3. The van der Waals surface area contributed by atoms with Crippen LogP contribution in [0.2, 0.25) is 0 Å². The van der Waals surface area contributed by atoms with E-state index in [9.17, 15) is 14.0 Å². The second kappa shape index (κ2) is 7.50. The molecule has 150 valence electrons. The van der Waals surface area contributed by atoms with E-state index in [-0.39, 0.29) is 27.9 Å². The monoisotopic (exact) mass is 397 g/mol. The number of halogens is 1. The molecule has 3 heterocycles. The number of benzene rings is 1. The molecule has 1 saturated heterocycles. The van der Waals surface area contributed by atoms with Crippen LogP contribution in [-0.4, -0.2) is 58.9 Å². The number of aromatic nitrogens is 3. The van der Waals surface area contributed by atoms with Crippen LogP contribution < -0.4 is 15.2 Å². The van der Waals surface area contributed by atoms with Gasteiger partial charge in [-0.3, -0.25) is 14.6 Å². The molecule has 0 aliphatic carbocycles.